The van der Waals surface area contributed by atoms with Crippen LogP contribution in [0.15, 0.2) is 29.2 Å². The van der Waals surface area contributed by atoms with Crippen molar-refractivity contribution in [3.05, 3.63) is 24.3 Å². The van der Waals surface area contributed by atoms with Crippen molar-refractivity contribution in [2.75, 3.05) is 13.7 Å². The van der Waals surface area contributed by atoms with E-state index >= 15 is 0 Å². The molecule has 22 heavy (non-hydrogen) atoms. The van der Waals surface area contributed by atoms with E-state index in [1.54, 1.807) is 35.7 Å². The Bertz CT molecular complexity index is 600. The second-order valence-corrected chi connectivity index (χ2v) is 7.80. The van der Waals surface area contributed by atoms with Crippen LogP contribution in [0.1, 0.15) is 32.6 Å². The molecule has 0 aromatic heterocycles. The number of hydrogen-bond donors (Lipinski definition) is 0. The molecule has 2 heterocycles. The monoisotopic (exact) mass is 325 g/mol. The summed E-state index contributed by atoms with van der Waals surface area (Å²) in [7, 11) is -1.73. The first-order chi connectivity index (χ1) is 10.6. The van der Waals surface area contributed by atoms with Crippen LogP contribution in [-0.4, -0.2) is 44.6 Å². The Morgan fingerprint density at radius 2 is 1.73 bits per heavy atom. The number of fused-ring (bicyclic) bond motifs is 2. The van der Waals surface area contributed by atoms with E-state index in [1.165, 1.54) is 0 Å². The fraction of sp³-hybridized carbons (Fsp3) is 0.625. The highest BCUT2D eigenvalue weighted by atomic mass is 32.2. The summed E-state index contributed by atoms with van der Waals surface area (Å²) in [6.07, 6.45) is 3.64. The summed E-state index contributed by atoms with van der Waals surface area (Å²) in [6, 6.07) is 6.87. The molecule has 0 saturated carbocycles. The number of nitrogens with zero attached hydrogens (tertiary/aromatic N) is 1. The quantitative estimate of drug-likeness (QED) is 0.834. The Kier molecular flexibility index (Phi) is 4.43. The molecule has 0 aliphatic carbocycles. The van der Waals surface area contributed by atoms with Gasteiger partial charge in [-0.25, -0.2) is 8.42 Å². The van der Waals surface area contributed by atoms with Crippen LogP contribution in [-0.2, 0) is 14.8 Å². The molecule has 0 spiro atoms. The summed E-state index contributed by atoms with van der Waals surface area (Å²) in [5.74, 6) is 0.697. The molecule has 2 bridgehead atoms. The fourth-order valence-electron chi connectivity index (χ4n) is 3.67. The number of methoxy groups -OCH3 is 1. The molecular weight excluding hydrogens is 302 g/mol. The summed E-state index contributed by atoms with van der Waals surface area (Å²) < 4.78 is 38.5. The van der Waals surface area contributed by atoms with Crippen LogP contribution in [0.4, 0.5) is 0 Å². The highest BCUT2D eigenvalue weighted by Gasteiger charge is 2.47. The van der Waals surface area contributed by atoms with Gasteiger partial charge in [0.05, 0.1) is 17.6 Å². The molecule has 6 heteroatoms. The zero-order chi connectivity index (χ0) is 15.7. The lowest BCUT2D eigenvalue weighted by Gasteiger charge is -2.37. The molecule has 2 aliphatic heterocycles. The SMILES string of the molecule is CCOc1ccc(S(=O)(=O)N2C3CCC2CC(OC)C3)cc1. The first-order valence-corrected chi connectivity index (χ1v) is 9.29. The van der Waals surface area contributed by atoms with Gasteiger partial charge in [0.1, 0.15) is 5.75 Å². The van der Waals surface area contributed by atoms with Crippen LogP contribution >= 0.6 is 0 Å². The van der Waals surface area contributed by atoms with Gasteiger partial charge >= 0.3 is 0 Å². The van der Waals surface area contributed by atoms with Crippen molar-refractivity contribution in [3.63, 3.8) is 0 Å². The average Bonchev–Trinajstić information content (AvgIpc) is 2.80. The molecule has 2 saturated heterocycles. The zero-order valence-electron chi connectivity index (χ0n) is 13.1. The third kappa shape index (κ3) is 2.75. The van der Waals surface area contributed by atoms with E-state index in [9.17, 15) is 8.42 Å². The summed E-state index contributed by atoms with van der Waals surface area (Å²) in [5, 5.41) is 0. The average molecular weight is 325 g/mol. The van der Waals surface area contributed by atoms with Crippen molar-refractivity contribution in [1.82, 2.24) is 4.31 Å². The highest BCUT2D eigenvalue weighted by Crippen LogP contribution is 2.40. The molecule has 2 fully saturated rings. The minimum atomic E-state index is -3.44. The van der Waals surface area contributed by atoms with Gasteiger partial charge in [0, 0.05) is 19.2 Å². The maximum atomic E-state index is 13.0. The van der Waals surface area contributed by atoms with Crippen molar-refractivity contribution in [3.8, 4) is 5.75 Å². The standard InChI is InChI=1S/C16H23NO4S/c1-3-21-14-6-8-16(9-7-14)22(18,19)17-12-4-5-13(17)11-15(10-12)20-2/h6-9,12-13,15H,3-5,10-11H2,1-2H3. The predicted octanol–water partition coefficient (Wildman–Crippen LogP) is 2.42. The summed E-state index contributed by atoms with van der Waals surface area (Å²) in [4.78, 5) is 0.351. The highest BCUT2D eigenvalue weighted by molar-refractivity contribution is 7.89. The Labute approximate surface area is 132 Å². The van der Waals surface area contributed by atoms with Crippen molar-refractivity contribution >= 4 is 10.0 Å². The Balaban J connectivity index is 1.84. The van der Waals surface area contributed by atoms with Crippen LogP contribution in [0, 0.1) is 0 Å². The fourth-order valence-corrected chi connectivity index (χ4v) is 5.56. The maximum Gasteiger partial charge on any atom is 0.243 e. The lowest BCUT2D eigenvalue weighted by atomic mass is 10.0. The number of piperidine rings is 1. The van der Waals surface area contributed by atoms with Gasteiger partial charge in [-0.15, -0.1) is 0 Å². The number of ether oxygens (including phenoxy) is 2. The molecule has 3 rings (SSSR count). The van der Waals surface area contributed by atoms with Gasteiger partial charge in [-0.3, -0.25) is 0 Å². The second-order valence-electron chi connectivity index (χ2n) is 5.95. The van der Waals surface area contributed by atoms with Crippen molar-refractivity contribution in [2.24, 2.45) is 0 Å². The first kappa shape index (κ1) is 15.8. The van der Waals surface area contributed by atoms with Crippen LogP contribution in [0.2, 0.25) is 0 Å². The molecule has 0 amide bonds. The van der Waals surface area contributed by atoms with Gasteiger partial charge < -0.3 is 9.47 Å². The molecule has 1 aromatic rings. The lowest BCUT2D eigenvalue weighted by molar-refractivity contribution is 0.0349. The molecule has 2 unspecified atom stereocenters. The maximum absolute atomic E-state index is 13.0. The molecule has 2 aliphatic rings. The molecule has 1 aromatic carbocycles. The molecular formula is C16H23NO4S. The van der Waals surface area contributed by atoms with Gasteiger partial charge in [-0.1, -0.05) is 0 Å². The van der Waals surface area contributed by atoms with Gasteiger partial charge in [-0.05, 0) is 56.9 Å². The van der Waals surface area contributed by atoms with E-state index in [1.807, 2.05) is 6.92 Å². The third-order valence-corrected chi connectivity index (χ3v) is 6.69. The van der Waals surface area contributed by atoms with Gasteiger partial charge in [0.2, 0.25) is 10.0 Å². The van der Waals surface area contributed by atoms with E-state index < -0.39 is 10.0 Å². The predicted molar refractivity (Wildman–Crippen MR) is 83.5 cm³/mol. The van der Waals surface area contributed by atoms with E-state index in [0.29, 0.717) is 17.3 Å². The molecule has 5 nitrogen and oxygen atoms in total. The molecule has 0 radical (unpaired) electrons. The van der Waals surface area contributed by atoms with Crippen molar-refractivity contribution in [1.29, 1.82) is 0 Å². The van der Waals surface area contributed by atoms with Crippen molar-refractivity contribution in [2.45, 2.75) is 55.7 Å². The lowest BCUT2D eigenvalue weighted by Crippen LogP contribution is -2.48. The van der Waals surface area contributed by atoms with Crippen LogP contribution < -0.4 is 4.74 Å². The summed E-state index contributed by atoms with van der Waals surface area (Å²) in [6.45, 7) is 2.48. The number of rotatable bonds is 5. The van der Waals surface area contributed by atoms with E-state index in [0.717, 1.165) is 25.7 Å². The number of hydrogen-bond acceptors (Lipinski definition) is 4. The minimum absolute atomic E-state index is 0.0697. The number of sulfonamides is 1. The normalized spacial score (nSPS) is 28.7. The first-order valence-electron chi connectivity index (χ1n) is 7.85. The molecule has 0 N–H and O–H groups in total. The Morgan fingerprint density at radius 3 is 2.23 bits per heavy atom. The number of benzene rings is 1. The molecule has 2 atom stereocenters. The van der Waals surface area contributed by atoms with Gasteiger partial charge in [0.15, 0.2) is 0 Å². The largest absolute Gasteiger partial charge is 0.494 e. The van der Waals surface area contributed by atoms with Crippen LogP contribution in [0.25, 0.3) is 0 Å². The minimum Gasteiger partial charge on any atom is -0.494 e. The second kappa shape index (κ2) is 6.18. The van der Waals surface area contributed by atoms with Gasteiger partial charge in [0.25, 0.3) is 0 Å². The van der Waals surface area contributed by atoms with Crippen LogP contribution in [0.3, 0.4) is 0 Å². The zero-order valence-corrected chi connectivity index (χ0v) is 13.9. The smallest absolute Gasteiger partial charge is 0.243 e. The molecule has 122 valence electrons. The summed E-state index contributed by atoms with van der Waals surface area (Å²) in [5.41, 5.74) is 0. The topological polar surface area (TPSA) is 55.8 Å². The Hall–Kier alpha value is -1.11. The van der Waals surface area contributed by atoms with E-state index in [4.69, 9.17) is 9.47 Å². The Morgan fingerprint density at radius 1 is 1.14 bits per heavy atom. The third-order valence-electron chi connectivity index (χ3n) is 4.67. The van der Waals surface area contributed by atoms with E-state index in [2.05, 4.69) is 0 Å². The van der Waals surface area contributed by atoms with Gasteiger partial charge in [-0.2, -0.15) is 4.31 Å². The van der Waals surface area contributed by atoms with Crippen LogP contribution in [0.5, 0.6) is 5.75 Å². The van der Waals surface area contributed by atoms with E-state index in [-0.39, 0.29) is 18.2 Å². The van der Waals surface area contributed by atoms with Crippen molar-refractivity contribution < 1.29 is 17.9 Å². The summed E-state index contributed by atoms with van der Waals surface area (Å²) >= 11 is 0.